The molecule has 0 radical (unpaired) electrons. The Labute approximate surface area is 163 Å². The molecule has 1 aromatic heterocycles. The fourth-order valence-corrected chi connectivity index (χ4v) is 3.97. The molecular weight excluding hydrogens is 360 g/mol. The maximum Gasteiger partial charge on any atom is 0.230 e. The van der Waals surface area contributed by atoms with Crippen molar-refractivity contribution in [3.05, 3.63) is 47.4 Å². The third kappa shape index (κ3) is 4.83. The smallest absolute Gasteiger partial charge is 0.230 e. The molecule has 2 atom stereocenters. The number of aliphatic carboxylic acids is 1. The standard InChI is InChI=1S/C21H24N2O3S/c1-2-3-6-14-9-11-15(12-10-14)18-13-27-21(22-18)23-19(24)16-7-4-5-8-17(16)20(25)26/h4-5,9-13,16-17H,2-3,6-8H2,1H3,(H,25,26)(H,22,23,24)/p-1/t16-,17+/m1/s1. The molecule has 1 aromatic carbocycles. The first-order valence-electron chi connectivity index (χ1n) is 9.30. The van der Waals surface area contributed by atoms with Gasteiger partial charge in [0.15, 0.2) is 5.13 Å². The molecule has 1 N–H and O–H groups in total. The highest BCUT2D eigenvalue weighted by Crippen LogP contribution is 2.29. The van der Waals surface area contributed by atoms with Gasteiger partial charge in [-0.3, -0.25) is 4.79 Å². The zero-order chi connectivity index (χ0) is 19.2. The number of carbonyl (C=O) groups is 2. The van der Waals surface area contributed by atoms with Gasteiger partial charge in [0, 0.05) is 22.8 Å². The second-order valence-corrected chi connectivity index (χ2v) is 7.66. The maximum absolute atomic E-state index is 12.5. The Hall–Kier alpha value is -2.47. The van der Waals surface area contributed by atoms with E-state index in [9.17, 15) is 14.7 Å². The van der Waals surface area contributed by atoms with Crippen LogP contribution in [0.5, 0.6) is 0 Å². The minimum Gasteiger partial charge on any atom is -0.550 e. The van der Waals surface area contributed by atoms with Gasteiger partial charge in [-0.05, 0) is 31.2 Å². The summed E-state index contributed by atoms with van der Waals surface area (Å²) in [6.07, 6.45) is 7.79. The first kappa shape index (κ1) is 19.3. The molecule has 6 heteroatoms. The molecule has 0 unspecified atom stereocenters. The van der Waals surface area contributed by atoms with Crippen molar-refractivity contribution in [3.63, 3.8) is 0 Å². The summed E-state index contributed by atoms with van der Waals surface area (Å²) in [5, 5.41) is 16.4. The van der Waals surface area contributed by atoms with E-state index in [-0.39, 0.29) is 5.91 Å². The van der Waals surface area contributed by atoms with Gasteiger partial charge in [-0.25, -0.2) is 4.98 Å². The first-order valence-corrected chi connectivity index (χ1v) is 10.2. The number of nitrogens with zero attached hydrogens (tertiary/aromatic N) is 1. The minimum absolute atomic E-state index is 0.315. The molecule has 3 rings (SSSR count). The summed E-state index contributed by atoms with van der Waals surface area (Å²) >= 11 is 1.34. The summed E-state index contributed by atoms with van der Waals surface area (Å²) in [6.45, 7) is 2.18. The van der Waals surface area contributed by atoms with Gasteiger partial charge in [-0.1, -0.05) is 49.8 Å². The van der Waals surface area contributed by atoms with Crippen molar-refractivity contribution >= 4 is 28.3 Å². The van der Waals surface area contributed by atoms with Gasteiger partial charge in [0.25, 0.3) is 0 Å². The average Bonchev–Trinajstić information content (AvgIpc) is 3.15. The Morgan fingerprint density at radius 2 is 1.89 bits per heavy atom. The lowest BCUT2D eigenvalue weighted by molar-refractivity contribution is -0.313. The van der Waals surface area contributed by atoms with Crippen molar-refractivity contribution in [1.29, 1.82) is 0 Å². The van der Waals surface area contributed by atoms with Crippen LogP contribution in [0.15, 0.2) is 41.8 Å². The van der Waals surface area contributed by atoms with Crippen molar-refractivity contribution in [2.75, 3.05) is 5.32 Å². The van der Waals surface area contributed by atoms with E-state index in [0.717, 1.165) is 17.7 Å². The van der Waals surface area contributed by atoms with Crippen molar-refractivity contribution in [2.24, 2.45) is 11.8 Å². The van der Waals surface area contributed by atoms with Crippen LogP contribution < -0.4 is 10.4 Å². The monoisotopic (exact) mass is 383 g/mol. The van der Waals surface area contributed by atoms with Crippen molar-refractivity contribution in [2.45, 2.75) is 39.0 Å². The van der Waals surface area contributed by atoms with E-state index in [4.69, 9.17) is 0 Å². The molecule has 0 saturated heterocycles. The number of hydrogen-bond acceptors (Lipinski definition) is 5. The highest BCUT2D eigenvalue weighted by atomic mass is 32.1. The molecule has 1 aliphatic rings. The summed E-state index contributed by atoms with van der Waals surface area (Å²) in [5.74, 6) is -2.90. The third-order valence-electron chi connectivity index (χ3n) is 4.87. The van der Waals surface area contributed by atoms with E-state index in [2.05, 4.69) is 29.4 Å². The van der Waals surface area contributed by atoms with Gasteiger partial charge in [-0.15, -0.1) is 11.3 Å². The Morgan fingerprint density at radius 1 is 1.19 bits per heavy atom. The number of benzene rings is 1. The van der Waals surface area contributed by atoms with Gasteiger partial charge in [0.2, 0.25) is 5.91 Å². The fourth-order valence-electron chi connectivity index (χ4n) is 3.25. The van der Waals surface area contributed by atoms with Gasteiger partial charge in [0.1, 0.15) is 0 Å². The van der Waals surface area contributed by atoms with E-state index < -0.39 is 17.8 Å². The van der Waals surface area contributed by atoms with Crippen LogP contribution in [0.1, 0.15) is 38.2 Å². The third-order valence-corrected chi connectivity index (χ3v) is 5.63. The molecule has 0 saturated carbocycles. The van der Waals surface area contributed by atoms with Crippen molar-refractivity contribution < 1.29 is 14.7 Å². The zero-order valence-electron chi connectivity index (χ0n) is 15.3. The predicted octanol–water partition coefficient (Wildman–Crippen LogP) is 3.42. The fraction of sp³-hybridized carbons (Fsp3) is 0.381. The number of anilines is 1. The number of amides is 1. The minimum atomic E-state index is -1.18. The number of rotatable bonds is 7. The Bertz CT molecular complexity index is 826. The topological polar surface area (TPSA) is 82.1 Å². The normalized spacial score (nSPS) is 19.0. The lowest BCUT2D eigenvalue weighted by Gasteiger charge is -2.27. The highest BCUT2D eigenvalue weighted by Gasteiger charge is 2.30. The molecule has 0 fully saturated rings. The van der Waals surface area contributed by atoms with Crippen LogP contribution in [0.25, 0.3) is 11.3 Å². The predicted molar refractivity (Wildman–Crippen MR) is 105 cm³/mol. The van der Waals surface area contributed by atoms with Crippen LogP contribution in [0.2, 0.25) is 0 Å². The van der Waals surface area contributed by atoms with Crippen LogP contribution in [0.3, 0.4) is 0 Å². The number of aromatic nitrogens is 1. The number of hydrogen-bond donors (Lipinski definition) is 1. The van der Waals surface area contributed by atoms with Crippen molar-refractivity contribution in [3.8, 4) is 11.3 Å². The molecule has 0 bridgehead atoms. The van der Waals surface area contributed by atoms with Gasteiger partial charge in [-0.2, -0.15) is 0 Å². The SMILES string of the molecule is CCCCc1ccc(-c2csc(NC(=O)[C@@H]3CC=CC[C@@H]3C(=O)[O-])n2)cc1. The average molecular weight is 383 g/mol. The first-order chi connectivity index (χ1) is 13.1. The summed E-state index contributed by atoms with van der Waals surface area (Å²) in [7, 11) is 0. The molecular formula is C21H23N2O3S-. The van der Waals surface area contributed by atoms with Gasteiger partial charge < -0.3 is 15.2 Å². The van der Waals surface area contributed by atoms with E-state index in [1.165, 1.54) is 29.7 Å². The lowest BCUT2D eigenvalue weighted by Crippen LogP contribution is -2.41. The quantitative estimate of drug-likeness (QED) is 0.743. The van der Waals surface area contributed by atoms with Crippen LogP contribution in [-0.4, -0.2) is 16.9 Å². The summed E-state index contributed by atoms with van der Waals surface area (Å²) in [4.78, 5) is 28.3. The zero-order valence-corrected chi connectivity index (χ0v) is 16.1. The number of carboxylic acids is 1. The van der Waals surface area contributed by atoms with Crippen LogP contribution in [-0.2, 0) is 16.0 Å². The van der Waals surface area contributed by atoms with Crippen LogP contribution in [0, 0.1) is 11.8 Å². The molecule has 1 amide bonds. The Kier molecular flexibility index (Phi) is 6.40. The van der Waals surface area contributed by atoms with Gasteiger partial charge >= 0.3 is 0 Å². The molecule has 1 heterocycles. The maximum atomic E-state index is 12.5. The van der Waals surface area contributed by atoms with Crippen LogP contribution >= 0.6 is 11.3 Å². The van der Waals surface area contributed by atoms with E-state index in [0.29, 0.717) is 18.0 Å². The Morgan fingerprint density at radius 3 is 2.56 bits per heavy atom. The number of unbranched alkanes of at least 4 members (excludes halogenated alkanes) is 1. The highest BCUT2D eigenvalue weighted by molar-refractivity contribution is 7.14. The Balaban J connectivity index is 1.66. The summed E-state index contributed by atoms with van der Waals surface area (Å²) in [6, 6.07) is 8.32. The molecule has 27 heavy (non-hydrogen) atoms. The number of nitrogens with one attached hydrogen (secondary N) is 1. The number of allylic oxidation sites excluding steroid dienone is 2. The molecule has 142 valence electrons. The van der Waals surface area contributed by atoms with Crippen molar-refractivity contribution in [1.82, 2.24) is 4.98 Å². The summed E-state index contributed by atoms with van der Waals surface area (Å²) in [5.41, 5.74) is 3.11. The number of thiazole rings is 1. The van der Waals surface area contributed by atoms with Crippen LogP contribution in [0.4, 0.5) is 5.13 Å². The largest absolute Gasteiger partial charge is 0.550 e. The lowest BCUT2D eigenvalue weighted by atomic mass is 9.82. The summed E-state index contributed by atoms with van der Waals surface area (Å²) < 4.78 is 0. The molecule has 2 aromatic rings. The number of aryl methyl sites for hydroxylation is 1. The molecule has 5 nitrogen and oxygen atoms in total. The number of carbonyl (C=O) groups excluding carboxylic acids is 2. The number of carboxylic acid groups (broad SMARTS) is 1. The molecule has 0 spiro atoms. The van der Waals surface area contributed by atoms with Gasteiger partial charge in [0.05, 0.1) is 11.6 Å². The van der Waals surface area contributed by atoms with E-state index >= 15 is 0 Å². The molecule has 1 aliphatic carbocycles. The second kappa shape index (κ2) is 8.95. The molecule has 0 aliphatic heterocycles. The second-order valence-electron chi connectivity index (χ2n) is 6.80. The van der Waals surface area contributed by atoms with E-state index in [1.807, 2.05) is 23.6 Å². The van der Waals surface area contributed by atoms with E-state index in [1.54, 1.807) is 6.08 Å².